The van der Waals surface area contributed by atoms with Crippen molar-refractivity contribution in [2.24, 2.45) is 10.9 Å². The number of nitrogens with zero attached hydrogens (tertiary/aromatic N) is 1. The number of nitrogens with two attached hydrogens (primary N) is 1. The number of hydrogen-bond donors (Lipinski definition) is 2. The zero-order chi connectivity index (χ0) is 15.4. The lowest BCUT2D eigenvalue weighted by Gasteiger charge is -2.10. The van der Waals surface area contributed by atoms with E-state index in [1.54, 1.807) is 11.8 Å². The number of amidine groups is 1. The van der Waals surface area contributed by atoms with E-state index in [4.69, 9.17) is 10.9 Å². The summed E-state index contributed by atoms with van der Waals surface area (Å²) in [6, 6.07) is 14.1. The van der Waals surface area contributed by atoms with Crippen LogP contribution in [0.2, 0.25) is 0 Å². The summed E-state index contributed by atoms with van der Waals surface area (Å²) < 4.78 is 0.957. The van der Waals surface area contributed by atoms with Crippen LogP contribution >= 0.6 is 27.7 Å². The number of halogens is 1. The molecule has 0 fully saturated rings. The van der Waals surface area contributed by atoms with E-state index >= 15 is 0 Å². The predicted octanol–water partition coefficient (Wildman–Crippen LogP) is 4.82. The van der Waals surface area contributed by atoms with E-state index < -0.39 is 0 Å². The SMILES string of the molecule is CC(C)c1ccc(Sc2cc(Br)ccc2/C(N)=N/O)cc1. The first-order chi connectivity index (χ1) is 10.0. The lowest BCUT2D eigenvalue weighted by Crippen LogP contribution is -2.14. The molecule has 3 nitrogen and oxygen atoms in total. The summed E-state index contributed by atoms with van der Waals surface area (Å²) in [5.74, 6) is 0.631. The summed E-state index contributed by atoms with van der Waals surface area (Å²) >= 11 is 5.05. The van der Waals surface area contributed by atoms with Crippen molar-refractivity contribution in [2.45, 2.75) is 29.6 Å². The fraction of sp³-hybridized carbons (Fsp3) is 0.188. The Morgan fingerprint density at radius 2 is 1.86 bits per heavy atom. The largest absolute Gasteiger partial charge is 0.409 e. The lowest BCUT2D eigenvalue weighted by atomic mass is 10.0. The molecule has 2 rings (SSSR count). The Balaban J connectivity index is 2.32. The quantitative estimate of drug-likeness (QED) is 0.354. The van der Waals surface area contributed by atoms with Gasteiger partial charge in [-0.2, -0.15) is 0 Å². The van der Waals surface area contributed by atoms with Gasteiger partial charge in [0.15, 0.2) is 5.84 Å². The number of benzene rings is 2. The standard InChI is InChI=1S/C16H17BrN2OS/c1-10(2)11-3-6-13(7-4-11)21-15-9-12(17)5-8-14(15)16(18)19-20/h3-10,20H,1-2H3,(H2,18,19). The van der Waals surface area contributed by atoms with Gasteiger partial charge in [-0.25, -0.2) is 0 Å². The van der Waals surface area contributed by atoms with Crippen LogP contribution in [0.25, 0.3) is 0 Å². The molecular formula is C16H17BrN2OS. The Kier molecular flexibility index (Phi) is 5.31. The second-order valence-corrected chi connectivity index (χ2v) is 6.98. The molecule has 110 valence electrons. The van der Waals surface area contributed by atoms with Crippen molar-refractivity contribution in [3.63, 3.8) is 0 Å². The minimum absolute atomic E-state index is 0.115. The van der Waals surface area contributed by atoms with E-state index in [0.29, 0.717) is 5.92 Å². The van der Waals surface area contributed by atoms with Crippen molar-refractivity contribution in [1.29, 1.82) is 0 Å². The first kappa shape index (κ1) is 15.9. The van der Waals surface area contributed by atoms with Gasteiger partial charge in [-0.1, -0.05) is 58.8 Å². The fourth-order valence-electron chi connectivity index (χ4n) is 1.89. The molecular weight excluding hydrogens is 348 g/mol. The first-order valence-corrected chi connectivity index (χ1v) is 8.17. The molecule has 2 aromatic carbocycles. The monoisotopic (exact) mass is 364 g/mol. The van der Waals surface area contributed by atoms with E-state index in [0.717, 1.165) is 19.8 Å². The third kappa shape index (κ3) is 4.02. The molecule has 0 heterocycles. The Bertz CT molecular complexity index is 654. The van der Waals surface area contributed by atoms with Crippen molar-refractivity contribution in [2.75, 3.05) is 0 Å². The Hall–Kier alpha value is -1.46. The van der Waals surface area contributed by atoms with Crippen molar-refractivity contribution in [1.82, 2.24) is 0 Å². The van der Waals surface area contributed by atoms with Gasteiger partial charge in [-0.05, 0) is 41.8 Å². The molecule has 0 spiro atoms. The molecule has 0 atom stereocenters. The van der Waals surface area contributed by atoms with Gasteiger partial charge in [-0.3, -0.25) is 0 Å². The van der Waals surface area contributed by atoms with Crippen LogP contribution in [0, 0.1) is 0 Å². The summed E-state index contributed by atoms with van der Waals surface area (Å²) in [5, 5.41) is 12.0. The maximum absolute atomic E-state index is 8.89. The molecule has 2 aromatic rings. The molecule has 0 amide bonds. The highest BCUT2D eigenvalue weighted by molar-refractivity contribution is 9.10. The van der Waals surface area contributed by atoms with Crippen molar-refractivity contribution >= 4 is 33.5 Å². The van der Waals surface area contributed by atoms with E-state index in [1.807, 2.05) is 18.2 Å². The van der Waals surface area contributed by atoms with Gasteiger partial charge in [0.25, 0.3) is 0 Å². The molecule has 0 bridgehead atoms. The summed E-state index contributed by atoms with van der Waals surface area (Å²) in [7, 11) is 0. The Morgan fingerprint density at radius 1 is 1.19 bits per heavy atom. The average molecular weight is 365 g/mol. The van der Waals surface area contributed by atoms with Gasteiger partial charge < -0.3 is 10.9 Å². The second-order valence-electron chi connectivity index (χ2n) is 4.95. The highest BCUT2D eigenvalue weighted by Gasteiger charge is 2.10. The van der Waals surface area contributed by atoms with Crippen LogP contribution in [0.15, 0.2) is 61.9 Å². The van der Waals surface area contributed by atoms with Gasteiger partial charge in [0.2, 0.25) is 0 Å². The molecule has 0 unspecified atom stereocenters. The highest BCUT2D eigenvalue weighted by Crippen LogP contribution is 2.33. The molecule has 0 saturated carbocycles. The van der Waals surface area contributed by atoms with Gasteiger partial charge in [0, 0.05) is 19.8 Å². The number of rotatable bonds is 4. The zero-order valence-electron chi connectivity index (χ0n) is 11.9. The predicted molar refractivity (Wildman–Crippen MR) is 91.3 cm³/mol. The third-order valence-electron chi connectivity index (χ3n) is 3.10. The second kappa shape index (κ2) is 7.00. The van der Waals surface area contributed by atoms with Crippen LogP contribution in [0.1, 0.15) is 30.9 Å². The van der Waals surface area contributed by atoms with Crippen LogP contribution in [0.4, 0.5) is 0 Å². The van der Waals surface area contributed by atoms with Gasteiger partial charge in [-0.15, -0.1) is 0 Å². The van der Waals surface area contributed by atoms with Gasteiger partial charge in [0.05, 0.1) is 0 Å². The molecule has 0 aliphatic rings. The van der Waals surface area contributed by atoms with Crippen LogP contribution in [0.3, 0.4) is 0 Å². The molecule has 0 aliphatic heterocycles. The topological polar surface area (TPSA) is 58.6 Å². The molecule has 0 radical (unpaired) electrons. The fourth-order valence-corrected chi connectivity index (χ4v) is 3.40. The summed E-state index contributed by atoms with van der Waals surface area (Å²) in [6.45, 7) is 4.35. The highest BCUT2D eigenvalue weighted by atomic mass is 79.9. The maximum atomic E-state index is 8.89. The molecule has 0 saturated heterocycles. The van der Waals surface area contributed by atoms with Gasteiger partial charge >= 0.3 is 0 Å². The third-order valence-corrected chi connectivity index (χ3v) is 4.66. The van der Waals surface area contributed by atoms with Crippen molar-refractivity contribution < 1.29 is 5.21 Å². The smallest absolute Gasteiger partial charge is 0.171 e. The number of hydrogen-bond acceptors (Lipinski definition) is 3. The zero-order valence-corrected chi connectivity index (χ0v) is 14.3. The van der Waals surface area contributed by atoms with E-state index in [9.17, 15) is 0 Å². The van der Waals surface area contributed by atoms with Crippen LogP contribution in [-0.4, -0.2) is 11.0 Å². The van der Waals surface area contributed by atoms with E-state index in [-0.39, 0.29) is 5.84 Å². The number of oxime groups is 1. The summed E-state index contributed by atoms with van der Waals surface area (Å²) in [5.41, 5.74) is 7.77. The minimum atomic E-state index is 0.115. The lowest BCUT2D eigenvalue weighted by molar-refractivity contribution is 0.318. The van der Waals surface area contributed by atoms with Crippen LogP contribution in [-0.2, 0) is 0 Å². The molecule has 5 heteroatoms. The summed E-state index contributed by atoms with van der Waals surface area (Å²) in [4.78, 5) is 2.06. The molecule has 0 aliphatic carbocycles. The average Bonchev–Trinajstić information content (AvgIpc) is 2.47. The van der Waals surface area contributed by atoms with Crippen LogP contribution < -0.4 is 5.73 Å². The molecule has 0 aromatic heterocycles. The Labute approximate surface area is 137 Å². The van der Waals surface area contributed by atoms with E-state index in [1.165, 1.54) is 5.56 Å². The van der Waals surface area contributed by atoms with E-state index in [2.05, 4.69) is 59.2 Å². The van der Waals surface area contributed by atoms with Crippen LogP contribution in [0.5, 0.6) is 0 Å². The minimum Gasteiger partial charge on any atom is -0.409 e. The summed E-state index contributed by atoms with van der Waals surface area (Å²) in [6.07, 6.45) is 0. The molecule has 3 N–H and O–H groups in total. The first-order valence-electron chi connectivity index (χ1n) is 6.56. The van der Waals surface area contributed by atoms with Gasteiger partial charge in [0.1, 0.15) is 0 Å². The Morgan fingerprint density at radius 3 is 2.43 bits per heavy atom. The van der Waals surface area contributed by atoms with Crippen molar-refractivity contribution in [3.8, 4) is 0 Å². The maximum Gasteiger partial charge on any atom is 0.171 e. The normalized spacial score (nSPS) is 11.9. The molecule has 21 heavy (non-hydrogen) atoms. The van der Waals surface area contributed by atoms with Crippen molar-refractivity contribution in [3.05, 3.63) is 58.1 Å².